The quantitative estimate of drug-likeness (QED) is 0.457. The summed E-state index contributed by atoms with van der Waals surface area (Å²) in [6.07, 6.45) is 3.58. The minimum atomic E-state index is -0.972. The smallest absolute Gasteiger partial charge is 0.306 e. The zero-order valence-electron chi connectivity index (χ0n) is 21.5. The SMILES string of the molecule is CC(=O)O[C@H]1O[C@H]2[C@H](O)[C@@H]1[C@@H](C=O)[C@]1(COC(=O)CC(C)C)CC[C@H]3C(C)(C)CCC[C@]3(C)[C@@H]21. The van der Waals surface area contributed by atoms with Gasteiger partial charge in [0.15, 0.2) is 0 Å². The largest absolute Gasteiger partial charge is 0.465 e. The number of hydrogen-bond acceptors (Lipinski definition) is 7. The van der Waals surface area contributed by atoms with E-state index < -0.39 is 41.7 Å². The van der Waals surface area contributed by atoms with Crippen molar-refractivity contribution >= 4 is 18.2 Å². The third kappa shape index (κ3) is 3.91. The van der Waals surface area contributed by atoms with Crippen LogP contribution in [0, 0.1) is 45.8 Å². The fraction of sp³-hybridized carbons (Fsp3) is 0.889. The van der Waals surface area contributed by atoms with Crippen molar-refractivity contribution in [3.8, 4) is 0 Å². The van der Waals surface area contributed by atoms with Crippen LogP contribution in [0.1, 0.15) is 80.1 Å². The highest BCUT2D eigenvalue weighted by atomic mass is 16.7. The minimum Gasteiger partial charge on any atom is -0.465 e. The van der Waals surface area contributed by atoms with E-state index in [2.05, 4.69) is 20.8 Å². The fourth-order valence-corrected chi connectivity index (χ4v) is 8.67. The Kier molecular flexibility index (Phi) is 6.69. The molecule has 9 atom stereocenters. The van der Waals surface area contributed by atoms with Gasteiger partial charge in [0.25, 0.3) is 0 Å². The second kappa shape index (κ2) is 8.88. The molecule has 2 bridgehead atoms. The summed E-state index contributed by atoms with van der Waals surface area (Å²) in [6, 6.07) is 0. The van der Waals surface area contributed by atoms with Crippen LogP contribution in [0.2, 0.25) is 0 Å². The number of aliphatic hydroxyl groups is 1. The second-order valence-electron chi connectivity index (χ2n) is 12.7. The Morgan fingerprint density at radius 2 is 1.88 bits per heavy atom. The zero-order chi connectivity index (χ0) is 25.1. The zero-order valence-corrected chi connectivity index (χ0v) is 21.5. The van der Waals surface area contributed by atoms with Crippen LogP contribution in [-0.4, -0.2) is 48.4 Å². The van der Waals surface area contributed by atoms with Gasteiger partial charge in [0.2, 0.25) is 6.29 Å². The molecule has 1 heterocycles. The van der Waals surface area contributed by atoms with Crippen molar-refractivity contribution in [2.75, 3.05) is 6.61 Å². The molecule has 0 radical (unpaired) electrons. The van der Waals surface area contributed by atoms with E-state index in [1.807, 2.05) is 13.8 Å². The first-order valence-corrected chi connectivity index (χ1v) is 13.0. The van der Waals surface area contributed by atoms with Crippen LogP contribution in [0.5, 0.6) is 0 Å². The van der Waals surface area contributed by atoms with Gasteiger partial charge in [0.1, 0.15) is 6.29 Å². The van der Waals surface area contributed by atoms with Gasteiger partial charge in [-0.3, -0.25) is 9.59 Å². The Labute approximate surface area is 203 Å². The predicted octanol–water partition coefficient (Wildman–Crippen LogP) is 3.90. The summed E-state index contributed by atoms with van der Waals surface area (Å²) in [7, 11) is 0. The number of aliphatic hydroxyl groups excluding tert-OH is 1. The number of carbonyl (C=O) groups is 3. The van der Waals surface area contributed by atoms with E-state index in [1.54, 1.807) is 0 Å². The first-order chi connectivity index (χ1) is 15.9. The summed E-state index contributed by atoms with van der Waals surface area (Å²) in [5.41, 5.74) is -0.732. The minimum absolute atomic E-state index is 0.125. The summed E-state index contributed by atoms with van der Waals surface area (Å²) in [5.74, 6) is -1.68. The van der Waals surface area contributed by atoms with Gasteiger partial charge in [-0.1, -0.05) is 41.0 Å². The molecule has 7 heteroatoms. The number of hydrogen-bond donors (Lipinski definition) is 1. The Balaban J connectivity index is 1.79. The first kappa shape index (κ1) is 25.6. The van der Waals surface area contributed by atoms with E-state index in [4.69, 9.17) is 14.2 Å². The Morgan fingerprint density at radius 1 is 1.18 bits per heavy atom. The standard InChI is InChI=1S/C27H42O7/c1-15(2)12-19(30)32-14-27-11-8-18-25(4,5)9-7-10-26(18,6)23(27)22-21(31)20(17(27)13-28)24(34-22)33-16(3)29/h13,15,17-18,20-24,31H,7-12,14H2,1-6H3/t17-,18+,20+,21-,22+,23-,24+,26+,27-/m1/s1. The fourth-order valence-electron chi connectivity index (χ4n) is 8.67. The average Bonchev–Trinajstić information content (AvgIpc) is 2.93. The number of ether oxygens (including phenoxy) is 3. The van der Waals surface area contributed by atoms with E-state index in [1.165, 1.54) is 6.92 Å². The number of carbonyl (C=O) groups excluding carboxylic acids is 3. The Morgan fingerprint density at radius 3 is 2.50 bits per heavy atom. The molecule has 4 fully saturated rings. The Bertz CT molecular complexity index is 822. The van der Waals surface area contributed by atoms with Crippen LogP contribution in [0.25, 0.3) is 0 Å². The number of rotatable bonds is 6. The van der Waals surface area contributed by atoms with E-state index in [9.17, 15) is 19.5 Å². The summed E-state index contributed by atoms with van der Waals surface area (Å²) in [6.45, 7) is 12.3. The van der Waals surface area contributed by atoms with Gasteiger partial charge >= 0.3 is 11.9 Å². The summed E-state index contributed by atoms with van der Waals surface area (Å²) in [4.78, 5) is 37.2. The summed E-state index contributed by atoms with van der Waals surface area (Å²) in [5, 5.41) is 11.4. The van der Waals surface area contributed by atoms with E-state index in [0.29, 0.717) is 12.3 Å². The molecule has 1 saturated heterocycles. The lowest BCUT2D eigenvalue weighted by Crippen LogP contribution is -2.67. The molecule has 192 valence electrons. The maximum absolute atomic E-state index is 12.8. The molecule has 0 spiro atoms. The van der Waals surface area contributed by atoms with E-state index in [0.717, 1.165) is 38.4 Å². The third-order valence-corrected chi connectivity index (χ3v) is 9.75. The number of esters is 2. The highest BCUT2D eigenvalue weighted by Gasteiger charge is 2.73. The Hall–Kier alpha value is -1.47. The monoisotopic (exact) mass is 478 g/mol. The topological polar surface area (TPSA) is 99.1 Å². The molecule has 0 amide bonds. The lowest BCUT2D eigenvalue weighted by Gasteiger charge is -2.66. The van der Waals surface area contributed by atoms with Crippen LogP contribution >= 0.6 is 0 Å². The highest BCUT2D eigenvalue weighted by molar-refractivity contribution is 5.70. The van der Waals surface area contributed by atoms with E-state index >= 15 is 0 Å². The van der Waals surface area contributed by atoms with Gasteiger partial charge in [-0.15, -0.1) is 0 Å². The highest BCUT2D eigenvalue weighted by Crippen LogP contribution is 2.71. The first-order valence-electron chi connectivity index (χ1n) is 13.0. The van der Waals surface area contributed by atoms with Crippen molar-refractivity contribution in [3.05, 3.63) is 0 Å². The maximum Gasteiger partial charge on any atom is 0.306 e. The molecule has 1 aliphatic heterocycles. The molecule has 0 aromatic heterocycles. The summed E-state index contributed by atoms with van der Waals surface area (Å²) >= 11 is 0. The van der Waals surface area contributed by atoms with Gasteiger partial charge in [0, 0.05) is 30.6 Å². The molecular weight excluding hydrogens is 436 g/mol. The molecule has 34 heavy (non-hydrogen) atoms. The van der Waals surface area contributed by atoms with Crippen molar-refractivity contribution in [2.45, 2.75) is 98.6 Å². The molecule has 3 saturated carbocycles. The average molecular weight is 479 g/mol. The van der Waals surface area contributed by atoms with E-state index in [-0.39, 0.29) is 35.2 Å². The molecule has 0 unspecified atom stereocenters. The maximum atomic E-state index is 12.8. The molecule has 3 aliphatic carbocycles. The van der Waals surface area contributed by atoms with Gasteiger partial charge in [-0.05, 0) is 48.3 Å². The van der Waals surface area contributed by atoms with Crippen molar-refractivity contribution in [2.24, 2.45) is 45.8 Å². The van der Waals surface area contributed by atoms with Crippen molar-refractivity contribution in [3.63, 3.8) is 0 Å². The lowest BCUT2D eigenvalue weighted by molar-refractivity contribution is -0.233. The van der Waals surface area contributed by atoms with Gasteiger partial charge in [-0.25, -0.2) is 0 Å². The second-order valence-corrected chi connectivity index (χ2v) is 12.7. The van der Waals surface area contributed by atoms with Gasteiger partial charge < -0.3 is 24.1 Å². The molecule has 1 N–H and O–H groups in total. The molecule has 4 aliphatic rings. The third-order valence-electron chi connectivity index (χ3n) is 9.75. The molecular formula is C27H42O7. The van der Waals surface area contributed by atoms with Gasteiger partial charge in [0.05, 0.1) is 24.7 Å². The number of aldehydes is 1. The lowest BCUT2D eigenvalue weighted by atomic mass is 9.38. The normalized spacial score (nSPS) is 44.6. The van der Waals surface area contributed by atoms with Crippen LogP contribution in [0.3, 0.4) is 0 Å². The van der Waals surface area contributed by atoms with Crippen molar-refractivity contribution in [1.82, 2.24) is 0 Å². The van der Waals surface area contributed by atoms with Crippen LogP contribution < -0.4 is 0 Å². The van der Waals surface area contributed by atoms with Crippen molar-refractivity contribution in [1.29, 1.82) is 0 Å². The van der Waals surface area contributed by atoms with Crippen LogP contribution in [0.4, 0.5) is 0 Å². The van der Waals surface area contributed by atoms with Crippen LogP contribution in [0.15, 0.2) is 0 Å². The molecule has 0 aromatic carbocycles. The number of fused-ring (bicyclic) bond motifs is 6. The summed E-state index contributed by atoms with van der Waals surface area (Å²) < 4.78 is 17.7. The van der Waals surface area contributed by atoms with Crippen LogP contribution in [-0.2, 0) is 28.6 Å². The molecule has 0 aromatic rings. The molecule has 4 rings (SSSR count). The van der Waals surface area contributed by atoms with Gasteiger partial charge in [-0.2, -0.15) is 0 Å². The molecule has 7 nitrogen and oxygen atoms in total. The van der Waals surface area contributed by atoms with Crippen molar-refractivity contribution < 1.29 is 33.7 Å². The predicted molar refractivity (Wildman–Crippen MR) is 124 cm³/mol.